The molecule has 0 spiro atoms. The maximum absolute atomic E-state index is 12.4. The molecule has 0 radical (unpaired) electrons. The number of hydrogen-bond acceptors (Lipinski definition) is 3. The van der Waals surface area contributed by atoms with Gasteiger partial charge in [-0.3, -0.25) is 4.79 Å². The number of nitrogen functional groups attached to an aromatic ring is 1. The van der Waals surface area contributed by atoms with E-state index in [1.807, 2.05) is 43.3 Å². The van der Waals surface area contributed by atoms with Crippen LogP contribution in [0.1, 0.15) is 35.3 Å². The molecule has 2 N–H and O–H groups in total. The molecule has 3 heteroatoms. The van der Waals surface area contributed by atoms with Crippen molar-refractivity contribution in [3.8, 4) is 5.75 Å². The van der Waals surface area contributed by atoms with E-state index in [1.165, 1.54) is 5.56 Å². The molecule has 0 saturated heterocycles. The van der Waals surface area contributed by atoms with Crippen molar-refractivity contribution in [2.45, 2.75) is 33.3 Å². The smallest absolute Gasteiger partial charge is 0.202 e. The van der Waals surface area contributed by atoms with Crippen molar-refractivity contribution in [3.05, 3.63) is 59.2 Å². The Kier molecular flexibility index (Phi) is 4.63. The number of ketones is 1. The zero-order chi connectivity index (χ0) is 15.4. The molecule has 0 fully saturated rings. The summed E-state index contributed by atoms with van der Waals surface area (Å²) in [6.45, 7) is 5.79. The van der Waals surface area contributed by atoms with E-state index in [-0.39, 0.29) is 5.78 Å². The van der Waals surface area contributed by atoms with Crippen LogP contribution in [0.3, 0.4) is 0 Å². The zero-order valence-corrected chi connectivity index (χ0v) is 12.7. The lowest BCUT2D eigenvalue weighted by atomic mass is 10.0. The Labute approximate surface area is 125 Å². The minimum Gasteiger partial charge on any atom is -0.480 e. The molecule has 2 aromatic rings. The van der Waals surface area contributed by atoms with Gasteiger partial charge in [-0.2, -0.15) is 0 Å². The summed E-state index contributed by atoms with van der Waals surface area (Å²) in [6.07, 6.45) is 0.392. The highest BCUT2D eigenvalue weighted by atomic mass is 16.5. The Hall–Kier alpha value is -2.29. The lowest BCUT2D eigenvalue weighted by Crippen LogP contribution is -2.24. The third-order valence-corrected chi connectivity index (χ3v) is 3.48. The molecule has 0 bridgehead atoms. The predicted molar refractivity (Wildman–Crippen MR) is 85.8 cm³/mol. The summed E-state index contributed by atoms with van der Waals surface area (Å²) < 4.78 is 5.70. The van der Waals surface area contributed by atoms with E-state index in [9.17, 15) is 4.79 Å². The van der Waals surface area contributed by atoms with Crippen LogP contribution in [0.15, 0.2) is 42.5 Å². The van der Waals surface area contributed by atoms with Crippen LogP contribution in [0.5, 0.6) is 5.75 Å². The molecule has 0 aliphatic heterocycles. The number of ether oxygens (including phenoxy) is 1. The first-order chi connectivity index (χ1) is 10.0. The number of carbonyl (C=O) groups is 1. The van der Waals surface area contributed by atoms with Gasteiger partial charge in [0.15, 0.2) is 6.10 Å². The van der Waals surface area contributed by atoms with E-state index in [4.69, 9.17) is 10.5 Å². The number of Topliss-reactive ketones (excluding diaryl/α,β-unsaturated/α-hetero) is 1. The van der Waals surface area contributed by atoms with E-state index in [1.54, 1.807) is 13.0 Å². The van der Waals surface area contributed by atoms with Crippen molar-refractivity contribution < 1.29 is 9.53 Å². The van der Waals surface area contributed by atoms with E-state index in [2.05, 4.69) is 6.92 Å². The molecular formula is C18H21NO2. The SMILES string of the molecule is CCc1ccc(C(=O)C(C)Oc2ccc(C)cc2N)cc1. The number of anilines is 1. The van der Waals surface area contributed by atoms with Crippen molar-refractivity contribution >= 4 is 11.5 Å². The number of benzene rings is 2. The fraction of sp³-hybridized carbons (Fsp3) is 0.278. The largest absolute Gasteiger partial charge is 0.480 e. The molecule has 1 atom stereocenters. The van der Waals surface area contributed by atoms with Gasteiger partial charge in [0.05, 0.1) is 5.69 Å². The first-order valence-electron chi connectivity index (χ1n) is 7.17. The third kappa shape index (κ3) is 3.63. The Balaban J connectivity index is 2.11. The normalized spacial score (nSPS) is 12.0. The van der Waals surface area contributed by atoms with Crippen molar-refractivity contribution in [2.75, 3.05) is 5.73 Å². The molecule has 2 rings (SSSR count). The summed E-state index contributed by atoms with van der Waals surface area (Å²) in [4.78, 5) is 12.4. The molecule has 0 saturated carbocycles. The van der Waals surface area contributed by atoms with Gasteiger partial charge in [0, 0.05) is 5.56 Å². The number of aryl methyl sites for hydroxylation is 2. The van der Waals surface area contributed by atoms with Crippen molar-refractivity contribution in [2.24, 2.45) is 0 Å². The molecule has 0 aromatic heterocycles. The summed E-state index contributed by atoms with van der Waals surface area (Å²) in [5.74, 6) is 0.504. The third-order valence-electron chi connectivity index (χ3n) is 3.48. The Morgan fingerprint density at radius 2 is 1.86 bits per heavy atom. The van der Waals surface area contributed by atoms with Gasteiger partial charge >= 0.3 is 0 Å². The molecule has 3 nitrogen and oxygen atoms in total. The summed E-state index contributed by atoms with van der Waals surface area (Å²) in [6, 6.07) is 13.2. The zero-order valence-electron chi connectivity index (χ0n) is 12.7. The van der Waals surface area contributed by atoms with Gasteiger partial charge in [-0.05, 0) is 43.5 Å². The second kappa shape index (κ2) is 6.44. The maximum atomic E-state index is 12.4. The summed E-state index contributed by atoms with van der Waals surface area (Å²) in [5, 5.41) is 0. The lowest BCUT2D eigenvalue weighted by molar-refractivity contribution is 0.0819. The van der Waals surface area contributed by atoms with Crippen LogP contribution in [-0.4, -0.2) is 11.9 Å². The highest BCUT2D eigenvalue weighted by molar-refractivity contribution is 5.99. The number of hydrogen-bond donors (Lipinski definition) is 1. The van der Waals surface area contributed by atoms with Gasteiger partial charge in [-0.1, -0.05) is 37.3 Å². The Morgan fingerprint density at radius 1 is 1.19 bits per heavy atom. The highest BCUT2D eigenvalue weighted by Gasteiger charge is 2.17. The van der Waals surface area contributed by atoms with Gasteiger partial charge < -0.3 is 10.5 Å². The minimum atomic E-state index is -0.567. The Bertz CT molecular complexity index is 632. The van der Waals surface area contributed by atoms with E-state index in [0.717, 1.165) is 12.0 Å². The molecule has 2 aromatic carbocycles. The molecule has 0 heterocycles. The summed E-state index contributed by atoms with van der Waals surface area (Å²) >= 11 is 0. The number of rotatable bonds is 5. The molecule has 0 aliphatic rings. The standard InChI is InChI=1S/C18H21NO2/c1-4-14-6-8-15(9-7-14)18(20)13(3)21-17-10-5-12(2)11-16(17)19/h5-11,13H,4,19H2,1-3H3. The van der Waals surface area contributed by atoms with Gasteiger partial charge in [0.2, 0.25) is 5.78 Å². The van der Waals surface area contributed by atoms with Crippen LogP contribution < -0.4 is 10.5 Å². The number of nitrogens with two attached hydrogens (primary N) is 1. The van der Waals surface area contributed by atoms with Gasteiger partial charge in [-0.25, -0.2) is 0 Å². The van der Waals surface area contributed by atoms with Crippen LogP contribution in [0.25, 0.3) is 0 Å². The molecule has 21 heavy (non-hydrogen) atoms. The Morgan fingerprint density at radius 3 is 2.43 bits per heavy atom. The molecule has 0 aliphatic carbocycles. The fourth-order valence-electron chi connectivity index (χ4n) is 2.16. The second-order valence-corrected chi connectivity index (χ2v) is 5.22. The van der Waals surface area contributed by atoms with Crippen LogP contribution in [0.4, 0.5) is 5.69 Å². The van der Waals surface area contributed by atoms with Crippen LogP contribution in [0, 0.1) is 6.92 Å². The van der Waals surface area contributed by atoms with E-state index in [0.29, 0.717) is 17.0 Å². The fourth-order valence-corrected chi connectivity index (χ4v) is 2.16. The molecule has 110 valence electrons. The van der Waals surface area contributed by atoms with Crippen LogP contribution in [-0.2, 0) is 6.42 Å². The summed E-state index contributed by atoms with van der Waals surface area (Å²) in [5.41, 5.74) is 9.39. The average molecular weight is 283 g/mol. The van der Waals surface area contributed by atoms with E-state index < -0.39 is 6.10 Å². The average Bonchev–Trinajstić information content (AvgIpc) is 2.49. The first-order valence-corrected chi connectivity index (χ1v) is 7.17. The van der Waals surface area contributed by atoms with Crippen molar-refractivity contribution in [1.82, 2.24) is 0 Å². The minimum absolute atomic E-state index is 0.0439. The summed E-state index contributed by atoms with van der Waals surface area (Å²) in [7, 11) is 0. The maximum Gasteiger partial charge on any atom is 0.202 e. The monoisotopic (exact) mass is 283 g/mol. The lowest BCUT2D eigenvalue weighted by Gasteiger charge is -2.15. The van der Waals surface area contributed by atoms with Gasteiger partial charge in [-0.15, -0.1) is 0 Å². The molecule has 0 amide bonds. The quantitative estimate of drug-likeness (QED) is 0.671. The number of carbonyl (C=O) groups excluding carboxylic acids is 1. The first kappa shape index (κ1) is 15.1. The predicted octanol–water partition coefficient (Wildman–Crippen LogP) is 3.79. The van der Waals surface area contributed by atoms with Crippen molar-refractivity contribution in [1.29, 1.82) is 0 Å². The van der Waals surface area contributed by atoms with E-state index >= 15 is 0 Å². The van der Waals surface area contributed by atoms with Crippen molar-refractivity contribution in [3.63, 3.8) is 0 Å². The van der Waals surface area contributed by atoms with Crippen LogP contribution in [0.2, 0.25) is 0 Å². The van der Waals surface area contributed by atoms with Gasteiger partial charge in [0.25, 0.3) is 0 Å². The van der Waals surface area contributed by atoms with Crippen LogP contribution >= 0.6 is 0 Å². The topological polar surface area (TPSA) is 52.3 Å². The molecular weight excluding hydrogens is 262 g/mol. The highest BCUT2D eigenvalue weighted by Crippen LogP contribution is 2.24. The second-order valence-electron chi connectivity index (χ2n) is 5.22. The van der Waals surface area contributed by atoms with Gasteiger partial charge in [0.1, 0.15) is 5.75 Å². The molecule has 1 unspecified atom stereocenters.